The van der Waals surface area contributed by atoms with E-state index in [4.69, 9.17) is 0 Å². The number of urea groups is 1. The molecule has 0 saturated carbocycles. The fourth-order valence-corrected chi connectivity index (χ4v) is 1.82. The number of para-hydroxylation sites is 2. The lowest BCUT2D eigenvalue weighted by molar-refractivity contribution is 0.262. The number of phenols is 1. The molecular formula is C16H18N2O2. The molecule has 4 heteroatoms. The largest absolute Gasteiger partial charge is 0.506 e. The van der Waals surface area contributed by atoms with E-state index in [0.717, 1.165) is 0 Å². The minimum absolute atomic E-state index is 0.0396. The second-order valence-electron chi connectivity index (χ2n) is 4.87. The van der Waals surface area contributed by atoms with E-state index in [9.17, 15) is 9.90 Å². The molecule has 2 aromatic carbocycles. The van der Waals surface area contributed by atoms with Gasteiger partial charge in [0.15, 0.2) is 0 Å². The van der Waals surface area contributed by atoms with E-state index in [1.54, 1.807) is 18.2 Å². The predicted molar refractivity (Wildman–Crippen MR) is 81.3 cm³/mol. The monoisotopic (exact) mass is 270 g/mol. The number of aromatic hydroxyl groups is 1. The highest BCUT2D eigenvalue weighted by molar-refractivity contribution is 6.00. The van der Waals surface area contributed by atoms with E-state index in [0.29, 0.717) is 17.3 Å². The molecule has 0 atom stereocenters. The van der Waals surface area contributed by atoms with Crippen LogP contribution in [0.4, 0.5) is 16.2 Å². The molecule has 0 heterocycles. The number of carbonyl (C=O) groups excluding carboxylic acids is 1. The van der Waals surface area contributed by atoms with Gasteiger partial charge in [0.05, 0.1) is 5.69 Å². The Labute approximate surface area is 118 Å². The molecule has 0 bridgehead atoms. The van der Waals surface area contributed by atoms with E-state index in [-0.39, 0.29) is 11.8 Å². The molecule has 4 nitrogen and oxygen atoms in total. The highest BCUT2D eigenvalue weighted by Gasteiger charge is 2.06. The van der Waals surface area contributed by atoms with Crippen LogP contribution in [0.25, 0.3) is 0 Å². The van der Waals surface area contributed by atoms with Crippen LogP contribution in [0.15, 0.2) is 48.5 Å². The molecule has 20 heavy (non-hydrogen) atoms. The number of rotatable bonds is 3. The van der Waals surface area contributed by atoms with Gasteiger partial charge >= 0.3 is 6.03 Å². The van der Waals surface area contributed by atoms with E-state index in [1.165, 1.54) is 11.6 Å². The minimum Gasteiger partial charge on any atom is -0.506 e. The second kappa shape index (κ2) is 6.10. The second-order valence-corrected chi connectivity index (χ2v) is 4.87. The Balaban J connectivity index is 1.99. The number of amides is 2. The molecule has 0 aliphatic rings. The fourth-order valence-electron chi connectivity index (χ4n) is 1.82. The Kier molecular flexibility index (Phi) is 4.25. The molecule has 0 unspecified atom stereocenters. The van der Waals surface area contributed by atoms with Gasteiger partial charge in [-0.15, -0.1) is 0 Å². The van der Waals surface area contributed by atoms with Crippen LogP contribution in [0.1, 0.15) is 25.3 Å². The Bertz CT molecular complexity index is 592. The maximum atomic E-state index is 11.8. The third kappa shape index (κ3) is 3.51. The van der Waals surface area contributed by atoms with Gasteiger partial charge in [-0.3, -0.25) is 0 Å². The lowest BCUT2D eigenvalue weighted by atomic mass is 10.0. The molecule has 2 amide bonds. The van der Waals surface area contributed by atoms with Gasteiger partial charge in [0.25, 0.3) is 0 Å². The summed E-state index contributed by atoms with van der Waals surface area (Å²) in [7, 11) is 0. The number of benzene rings is 2. The first-order valence-electron chi connectivity index (χ1n) is 6.52. The van der Waals surface area contributed by atoms with Gasteiger partial charge in [-0.2, -0.15) is 0 Å². The lowest BCUT2D eigenvalue weighted by Gasteiger charge is -2.10. The third-order valence-corrected chi connectivity index (χ3v) is 2.99. The van der Waals surface area contributed by atoms with Crippen LogP contribution in [0.2, 0.25) is 0 Å². The molecule has 2 rings (SSSR count). The third-order valence-electron chi connectivity index (χ3n) is 2.99. The first kappa shape index (κ1) is 13.9. The maximum Gasteiger partial charge on any atom is 0.323 e. The van der Waals surface area contributed by atoms with Crippen molar-refractivity contribution >= 4 is 17.4 Å². The maximum absolute atomic E-state index is 11.8. The summed E-state index contributed by atoms with van der Waals surface area (Å²) in [5, 5.41) is 14.9. The smallest absolute Gasteiger partial charge is 0.323 e. The lowest BCUT2D eigenvalue weighted by Crippen LogP contribution is -2.19. The number of hydrogen-bond acceptors (Lipinski definition) is 2. The molecule has 0 fully saturated rings. The molecule has 2 aromatic rings. The quantitative estimate of drug-likeness (QED) is 0.733. The highest BCUT2D eigenvalue weighted by atomic mass is 16.3. The summed E-state index contributed by atoms with van der Waals surface area (Å²) in [5.41, 5.74) is 2.31. The van der Waals surface area contributed by atoms with Crippen LogP contribution in [0.3, 0.4) is 0 Å². The fraction of sp³-hybridized carbons (Fsp3) is 0.188. The van der Waals surface area contributed by atoms with Gasteiger partial charge in [-0.05, 0) is 35.7 Å². The predicted octanol–water partition coefficient (Wildman–Crippen LogP) is 4.16. The van der Waals surface area contributed by atoms with E-state index < -0.39 is 0 Å². The van der Waals surface area contributed by atoms with E-state index in [1.807, 2.05) is 24.3 Å². The normalized spacial score (nSPS) is 10.3. The summed E-state index contributed by atoms with van der Waals surface area (Å²) in [6.07, 6.45) is 0. The van der Waals surface area contributed by atoms with Gasteiger partial charge in [0.2, 0.25) is 0 Å². The van der Waals surface area contributed by atoms with Crippen molar-refractivity contribution in [3.8, 4) is 5.75 Å². The van der Waals surface area contributed by atoms with Crippen molar-refractivity contribution < 1.29 is 9.90 Å². The van der Waals surface area contributed by atoms with Crippen LogP contribution in [-0.4, -0.2) is 11.1 Å². The van der Waals surface area contributed by atoms with Crippen molar-refractivity contribution in [1.29, 1.82) is 0 Å². The molecule has 0 saturated heterocycles. The van der Waals surface area contributed by atoms with Crippen LogP contribution in [-0.2, 0) is 0 Å². The standard InChI is InChI=1S/C16H18N2O2/c1-11(2)12-7-9-13(10-8-12)17-16(20)18-14-5-3-4-6-15(14)19/h3-11,19H,1-2H3,(H2,17,18,20). The van der Waals surface area contributed by atoms with Crippen molar-refractivity contribution in [3.05, 3.63) is 54.1 Å². The SMILES string of the molecule is CC(C)c1ccc(NC(=O)Nc2ccccc2O)cc1. The van der Waals surface area contributed by atoms with Crippen molar-refractivity contribution in [1.82, 2.24) is 0 Å². The van der Waals surface area contributed by atoms with Crippen molar-refractivity contribution in [3.63, 3.8) is 0 Å². The van der Waals surface area contributed by atoms with E-state index in [2.05, 4.69) is 24.5 Å². The van der Waals surface area contributed by atoms with Crippen molar-refractivity contribution in [2.45, 2.75) is 19.8 Å². The molecular weight excluding hydrogens is 252 g/mol. The molecule has 0 radical (unpaired) electrons. The van der Waals surface area contributed by atoms with E-state index >= 15 is 0 Å². The average Bonchev–Trinajstić information content (AvgIpc) is 2.42. The Morgan fingerprint density at radius 3 is 2.25 bits per heavy atom. The zero-order valence-corrected chi connectivity index (χ0v) is 11.6. The Morgan fingerprint density at radius 2 is 1.65 bits per heavy atom. The first-order valence-corrected chi connectivity index (χ1v) is 6.52. The number of hydrogen-bond donors (Lipinski definition) is 3. The summed E-state index contributed by atoms with van der Waals surface area (Å²) in [4.78, 5) is 11.8. The van der Waals surface area contributed by atoms with Gasteiger partial charge in [-0.1, -0.05) is 38.1 Å². The summed E-state index contributed by atoms with van der Waals surface area (Å²) in [6.45, 7) is 4.24. The van der Waals surface area contributed by atoms with Gasteiger partial charge < -0.3 is 15.7 Å². The Morgan fingerprint density at radius 1 is 1.00 bits per heavy atom. The van der Waals surface area contributed by atoms with Crippen LogP contribution < -0.4 is 10.6 Å². The zero-order valence-electron chi connectivity index (χ0n) is 11.6. The summed E-state index contributed by atoms with van der Waals surface area (Å²) < 4.78 is 0. The first-order chi connectivity index (χ1) is 9.56. The van der Waals surface area contributed by atoms with Gasteiger partial charge in [0, 0.05) is 5.69 Å². The van der Waals surface area contributed by atoms with Gasteiger partial charge in [-0.25, -0.2) is 4.79 Å². The van der Waals surface area contributed by atoms with Crippen LogP contribution >= 0.6 is 0 Å². The minimum atomic E-state index is -0.385. The number of anilines is 2. The molecule has 0 aliphatic heterocycles. The number of phenolic OH excluding ortho intramolecular Hbond substituents is 1. The number of carbonyl (C=O) groups is 1. The molecule has 0 aromatic heterocycles. The Hall–Kier alpha value is -2.49. The van der Waals surface area contributed by atoms with Crippen LogP contribution in [0, 0.1) is 0 Å². The molecule has 0 aliphatic carbocycles. The number of nitrogens with one attached hydrogen (secondary N) is 2. The summed E-state index contributed by atoms with van der Waals surface area (Å²) in [6, 6.07) is 13.9. The average molecular weight is 270 g/mol. The van der Waals surface area contributed by atoms with Gasteiger partial charge in [0.1, 0.15) is 5.75 Å². The highest BCUT2D eigenvalue weighted by Crippen LogP contribution is 2.22. The van der Waals surface area contributed by atoms with Crippen LogP contribution in [0.5, 0.6) is 5.75 Å². The summed E-state index contributed by atoms with van der Waals surface area (Å²) >= 11 is 0. The summed E-state index contributed by atoms with van der Waals surface area (Å²) in [5.74, 6) is 0.497. The van der Waals surface area contributed by atoms with Crippen molar-refractivity contribution in [2.75, 3.05) is 10.6 Å². The molecule has 104 valence electrons. The van der Waals surface area contributed by atoms with Crippen molar-refractivity contribution in [2.24, 2.45) is 0 Å². The topological polar surface area (TPSA) is 61.4 Å². The molecule has 0 spiro atoms. The molecule has 3 N–H and O–H groups in total. The zero-order chi connectivity index (χ0) is 14.5.